The molecule has 0 aromatic heterocycles. The molecule has 3 nitrogen and oxygen atoms in total. The van der Waals surface area contributed by atoms with Crippen LogP contribution in [0.4, 0.5) is 17.6 Å². The number of alkyl halides is 5. The number of hydrogen-bond donors (Lipinski definition) is 0. The Morgan fingerprint density at radius 1 is 1.20 bits per heavy atom. The first-order valence-electron chi connectivity index (χ1n) is 5.62. The summed E-state index contributed by atoms with van der Waals surface area (Å²) in [6.45, 7) is -3.52. The number of amides is 1. The third-order valence-electron chi connectivity index (χ3n) is 2.33. The summed E-state index contributed by atoms with van der Waals surface area (Å²) in [5.74, 6) is -0.689. The monoisotopic (exact) mass is 357 g/mol. The topological polar surface area (TPSA) is 29.5 Å². The van der Waals surface area contributed by atoms with Crippen molar-refractivity contribution in [3.63, 3.8) is 0 Å². The average molecular weight is 358 g/mol. The van der Waals surface area contributed by atoms with Crippen LogP contribution in [0.25, 0.3) is 0 Å². The molecule has 1 rings (SSSR count). The Morgan fingerprint density at radius 2 is 1.80 bits per heavy atom. The third kappa shape index (κ3) is 5.36. The summed E-state index contributed by atoms with van der Waals surface area (Å²) in [6, 6.07) is 4.89. The molecule has 0 aliphatic heterocycles. The van der Waals surface area contributed by atoms with Gasteiger partial charge < -0.3 is 9.64 Å². The van der Waals surface area contributed by atoms with Crippen LogP contribution in [0.3, 0.4) is 0 Å². The Balaban J connectivity index is 2.78. The van der Waals surface area contributed by atoms with Crippen LogP contribution < -0.4 is 4.74 Å². The standard InChI is InChI=1S/C12H12BrF4NO2/c13-5-6-18(7-10(14)15)11(19)8-1-3-9(4-2-8)20-12(16)17/h1-4,10,12H,5-7H2. The molecule has 0 unspecified atom stereocenters. The van der Waals surface area contributed by atoms with Gasteiger partial charge in [0.1, 0.15) is 5.75 Å². The summed E-state index contributed by atoms with van der Waals surface area (Å²) in [5.41, 5.74) is 0.133. The fraction of sp³-hybridized carbons (Fsp3) is 0.417. The van der Waals surface area contributed by atoms with E-state index in [9.17, 15) is 22.4 Å². The number of halogens is 5. The van der Waals surface area contributed by atoms with Gasteiger partial charge in [-0.1, -0.05) is 15.9 Å². The predicted molar refractivity (Wildman–Crippen MR) is 68.8 cm³/mol. The molecule has 0 aliphatic rings. The Kier molecular flexibility index (Phi) is 6.77. The van der Waals surface area contributed by atoms with Gasteiger partial charge in [-0.05, 0) is 24.3 Å². The normalized spacial score (nSPS) is 10.9. The van der Waals surface area contributed by atoms with Crippen molar-refractivity contribution in [2.75, 3.05) is 18.4 Å². The van der Waals surface area contributed by atoms with Gasteiger partial charge in [0.05, 0.1) is 6.54 Å². The average Bonchev–Trinajstić information content (AvgIpc) is 2.37. The number of carbonyl (C=O) groups is 1. The van der Waals surface area contributed by atoms with Crippen LogP contribution >= 0.6 is 15.9 Å². The van der Waals surface area contributed by atoms with Crippen molar-refractivity contribution in [2.24, 2.45) is 0 Å². The quantitative estimate of drug-likeness (QED) is 0.553. The molecule has 0 bridgehead atoms. The summed E-state index contributed by atoms with van der Waals surface area (Å²) in [6.07, 6.45) is -2.64. The van der Waals surface area contributed by atoms with E-state index < -0.39 is 25.5 Å². The van der Waals surface area contributed by atoms with E-state index in [0.717, 1.165) is 4.90 Å². The van der Waals surface area contributed by atoms with Crippen molar-refractivity contribution in [3.05, 3.63) is 29.8 Å². The highest BCUT2D eigenvalue weighted by molar-refractivity contribution is 9.09. The minimum atomic E-state index is -2.96. The zero-order valence-corrected chi connectivity index (χ0v) is 11.8. The van der Waals surface area contributed by atoms with E-state index in [-0.39, 0.29) is 17.9 Å². The molecule has 112 valence electrons. The molecule has 0 radical (unpaired) electrons. The number of rotatable bonds is 7. The van der Waals surface area contributed by atoms with Crippen LogP contribution in [0, 0.1) is 0 Å². The summed E-state index contributed by atoms with van der Waals surface area (Å²) in [5, 5.41) is 0.359. The molecule has 1 aromatic rings. The molecule has 1 aromatic carbocycles. The molecule has 1 amide bonds. The van der Waals surface area contributed by atoms with E-state index in [1.165, 1.54) is 24.3 Å². The van der Waals surface area contributed by atoms with Gasteiger partial charge in [0.2, 0.25) is 0 Å². The van der Waals surface area contributed by atoms with Gasteiger partial charge in [0.15, 0.2) is 0 Å². The van der Waals surface area contributed by atoms with Gasteiger partial charge >= 0.3 is 6.61 Å². The highest BCUT2D eigenvalue weighted by Crippen LogP contribution is 2.16. The molecule has 0 fully saturated rings. The molecule has 0 heterocycles. The Hall–Kier alpha value is -1.31. The molecule has 0 spiro atoms. The lowest BCUT2D eigenvalue weighted by Gasteiger charge is -2.21. The van der Waals surface area contributed by atoms with Crippen LogP contribution in [0.2, 0.25) is 0 Å². The van der Waals surface area contributed by atoms with E-state index in [1.54, 1.807) is 0 Å². The molecule has 20 heavy (non-hydrogen) atoms. The van der Waals surface area contributed by atoms with Crippen molar-refractivity contribution in [3.8, 4) is 5.75 Å². The molecular formula is C12H12BrF4NO2. The van der Waals surface area contributed by atoms with Crippen molar-refractivity contribution in [1.82, 2.24) is 4.90 Å². The van der Waals surface area contributed by atoms with Crippen LogP contribution in [0.1, 0.15) is 10.4 Å². The van der Waals surface area contributed by atoms with Gasteiger partial charge in [-0.2, -0.15) is 8.78 Å². The Labute approximate surface area is 121 Å². The fourth-order valence-electron chi connectivity index (χ4n) is 1.51. The van der Waals surface area contributed by atoms with Gasteiger partial charge in [0, 0.05) is 17.4 Å². The summed E-state index contributed by atoms with van der Waals surface area (Å²) >= 11 is 3.08. The van der Waals surface area contributed by atoms with Gasteiger partial charge in [0.25, 0.3) is 12.3 Å². The van der Waals surface area contributed by atoms with E-state index in [0.29, 0.717) is 5.33 Å². The van der Waals surface area contributed by atoms with Crippen molar-refractivity contribution in [1.29, 1.82) is 0 Å². The maximum absolute atomic E-state index is 12.4. The van der Waals surface area contributed by atoms with Crippen LogP contribution in [-0.2, 0) is 0 Å². The predicted octanol–water partition coefficient (Wildman–Crippen LogP) is 3.39. The van der Waals surface area contributed by atoms with Crippen LogP contribution in [0.15, 0.2) is 24.3 Å². The van der Waals surface area contributed by atoms with Gasteiger partial charge in [-0.3, -0.25) is 4.79 Å². The zero-order valence-electron chi connectivity index (χ0n) is 10.2. The molecule has 8 heteroatoms. The minimum Gasteiger partial charge on any atom is -0.435 e. The lowest BCUT2D eigenvalue weighted by atomic mass is 10.2. The van der Waals surface area contributed by atoms with Gasteiger partial charge in [-0.15, -0.1) is 0 Å². The molecule has 0 saturated heterocycles. The first-order chi connectivity index (χ1) is 9.43. The first-order valence-corrected chi connectivity index (χ1v) is 6.74. The first kappa shape index (κ1) is 16.7. The summed E-state index contributed by atoms with van der Waals surface area (Å²) in [4.78, 5) is 13.0. The fourth-order valence-corrected chi connectivity index (χ4v) is 1.93. The zero-order chi connectivity index (χ0) is 15.1. The summed E-state index contributed by atoms with van der Waals surface area (Å²) < 4.78 is 52.8. The number of carbonyl (C=O) groups excluding carboxylic acids is 1. The van der Waals surface area contributed by atoms with Crippen molar-refractivity contribution in [2.45, 2.75) is 13.0 Å². The van der Waals surface area contributed by atoms with Gasteiger partial charge in [-0.25, -0.2) is 8.78 Å². The highest BCUT2D eigenvalue weighted by atomic mass is 79.9. The highest BCUT2D eigenvalue weighted by Gasteiger charge is 2.19. The van der Waals surface area contributed by atoms with E-state index in [1.807, 2.05) is 0 Å². The van der Waals surface area contributed by atoms with E-state index in [2.05, 4.69) is 20.7 Å². The molecule has 0 atom stereocenters. The maximum atomic E-state index is 12.4. The second-order valence-corrected chi connectivity index (χ2v) is 4.53. The molecule has 0 aliphatic carbocycles. The maximum Gasteiger partial charge on any atom is 0.387 e. The number of nitrogens with zero attached hydrogens (tertiary/aromatic N) is 1. The minimum absolute atomic E-state index is 0.0996. The summed E-state index contributed by atoms with van der Waals surface area (Å²) in [7, 11) is 0. The van der Waals surface area contributed by atoms with Crippen molar-refractivity contribution >= 4 is 21.8 Å². The third-order valence-corrected chi connectivity index (χ3v) is 2.68. The molecule has 0 N–H and O–H groups in total. The van der Waals surface area contributed by atoms with Crippen molar-refractivity contribution < 1.29 is 27.1 Å². The number of benzene rings is 1. The lowest BCUT2D eigenvalue weighted by molar-refractivity contribution is -0.0498. The second kappa shape index (κ2) is 8.08. The smallest absolute Gasteiger partial charge is 0.387 e. The molecule has 0 saturated carbocycles. The molecular weight excluding hydrogens is 346 g/mol. The SMILES string of the molecule is O=C(c1ccc(OC(F)F)cc1)N(CCBr)CC(F)F. The van der Waals surface area contributed by atoms with E-state index >= 15 is 0 Å². The number of hydrogen-bond acceptors (Lipinski definition) is 2. The lowest BCUT2D eigenvalue weighted by Crippen LogP contribution is -2.36. The largest absolute Gasteiger partial charge is 0.435 e. The Bertz CT molecular complexity index is 428. The number of ether oxygens (including phenoxy) is 1. The van der Waals surface area contributed by atoms with Crippen LogP contribution in [-0.4, -0.2) is 42.3 Å². The second-order valence-electron chi connectivity index (χ2n) is 3.73. The van der Waals surface area contributed by atoms with E-state index in [4.69, 9.17) is 0 Å². The van der Waals surface area contributed by atoms with Crippen LogP contribution in [0.5, 0.6) is 5.75 Å². The Morgan fingerprint density at radius 3 is 2.25 bits per heavy atom.